The molecular weight excluding hydrogens is 273 g/mol. The van der Waals surface area contributed by atoms with Gasteiger partial charge in [-0.3, -0.25) is 9.59 Å². The fourth-order valence-electron chi connectivity index (χ4n) is 2.27. The lowest BCUT2D eigenvalue weighted by Crippen LogP contribution is -2.47. The summed E-state index contributed by atoms with van der Waals surface area (Å²) in [6, 6.07) is 7.01. The normalized spacial score (nSPS) is 12.1. The smallest absolute Gasteiger partial charge is 0.243 e. The van der Waals surface area contributed by atoms with Crippen LogP contribution in [0.15, 0.2) is 30.5 Å². The highest BCUT2D eigenvalue weighted by Crippen LogP contribution is 2.19. The van der Waals surface area contributed by atoms with Gasteiger partial charge in [-0.05, 0) is 11.6 Å². The van der Waals surface area contributed by atoms with Gasteiger partial charge in [0.1, 0.15) is 12.7 Å². The Balaban J connectivity index is 2.17. The molecule has 1 atom stereocenters. The number of carbonyl (C=O) groups is 2. The van der Waals surface area contributed by atoms with Crippen LogP contribution in [0.25, 0.3) is 10.9 Å². The fraction of sp³-hybridized carbons (Fsp3) is 0.333. The fourth-order valence-corrected chi connectivity index (χ4v) is 2.27. The molecule has 21 heavy (non-hydrogen) atoms. The summed E-state index contributed by atoms with van der Waals surface area (Å²) in [7, 11) is 0. The molecule has 112 valence electrons. The summed E-state index contributed by atoms with van der Waals surface area (Å²) in [6.45, 7) is 0.666. The number of amides is 2. The molecule has 2 aromatic rings. The lowest BCUT2D eigenvalue weighted by atomic mass is 10.0. The van der Waals surface area contributed by atoms with E-state index in [9.17, 15) is 14.0 Å². The number of para-hydroxylation sites is 1. The van der Waals surface area contributed by atoms with E-state index in [1.807, 2.05) is 30.5 Å². The van der Waals surface area contributed by atoms with Crippen LogP contribution in [0.2, 0.25) is 0 Å². The van der Waals surface area contributed by atoms with Crippen molar-refractivity contribution < 1.29 is 14.0 Å². The monoisotopic (exact) mass is 291 g/mol. The summed E-state index contributed by atoms with van der Waals surface area (Å²) in [5.74, 6) is -0.677. The van der Waals surface area contributed by atoms with Crippen molar-refractivity contribution in [2.75, 3.05) is 13.2 Å². The van der Waals surface area contributed by atoms with Crippen molar-refractivity contribution in [2.45, 2.75) is 19.4 Å². The SMILES string of the molecule is CC(=O)N[C@@H](Cc1c[nH]c2ccccc12)C(=O)NCCF. The summed E-state index contributed by atoms with van der Waals surface area (Å²) in [4.78, 5) is 26.4. The van der Waals surface area contributed by atoms with Crippen molar-refractivity contribution in [1.82, 2.24) is 15.6 Å². The van der Waals surface area contributed by atoms with Gasteiger partial charge in [-0.15, -0.1) is 0 Å². The molecule has 0 saturated heterocycles. The van der Waals surface area contributed by atoms with Crippen LogP contribution in [-0.2, 0) is 16.0 Å². The molecule has 0 aliphatic carbocycles. The quantitative estimate of drug-likeness (QED) is 0.750. The van der Waals surface area contributed by atoms with Crippen LogP contribution < -0.4 is 10.6 Å². The number of benzene rings is 1. The number of aromatic amines is 1. The molecule has 0 bridgehead atoms. The maximum atomic E-state index is 12.2. The Labute approximate surface area is 121 Å². The Morgan fingerprint density at radius 3 is 2.81 bits per heavy atom. The van der Waals surface area contributed by atoms with Gasteiger partial charge < -0.3 is 15.6 Å². The first kappa shape index (κ1) is 15.0. The predicted molar refractivity (Wildman–Crippen MR) is 78.6 cm³/mol. The first-order valence-corrected chi connectivity index (χ1v) is 6.77. The minimum absolute atomic E-state index is 0.0528. The van der Waals surface area contributed by atoms with Gasteiger partial charge in [0.25, 0.3) is 0 Å². The highest BCUT2D eigenvalue weighted by molar-refractivity contribution is 5.89. The Bertz CT molecular complexity index is 639. The number of nitrogens with one attached hydrogen (secondary N) is 3. The van der Waals surface area contributed by atoms with Crippen LogP contribution in [0, 0.1) is 0 Å². The van der Waals surface area contributed by atoms with Gasteiger partial charge in [0.2, 0.25) is 11.8 Å². The van der Waals surface area contributed by atoms with Crippen LogP contribution in [0.3, 0.4) is 0 Å². The van der Waals surface area contributed by atoms with Gasteiger partial charge in [-0.1, -0.05) is 18.2 Å². The highest BCUT2D eigenvalue weighted by Gasteiger charge is 2.20. The van der Waals surface area contributed by atoms with Crippen LogP contribution in [0.5, 0.6) is 0 Å². The summed E-state index contributed by atoms with van der Waals surface area (Å²) in [5, 5.41) is 6.07. The molecule has 0 saturated carbocycles. The second-order valence-electron chi connectivity index (χ2n) is 4.80. The Hall–Kier alpha value is -2.37. The summed E-state index contributed by atoms with van der Waals surface area (Å²) in [5.41, 5.74) is 1.90. The third-order valence-electron chi connectivity index (χ3n) is 3.19. The number of aromatic nitrogens is 1. The topological polar surface area (TPSA) is 74.0 Å². The molecule has 0 spiro atoms. The Morgan fingerprint density at radius 1 is 1.33 bits per heavy atom. The largest absolute Gasteiger partial charge is 0.361 e. The maximum absolute atomic E-state index is 12.2. The lowest BCUT2D eigenvalue weighted by molar-refractivity contribution is -0.128. The zero-order chi connectivity index (χ0) is 15.2. The predicted octanol–water partition coefficient (Wildman–Crippen LogP) is 1.30. The van der Waals surface area contributed by atoms with Gasteiger partial charge in [0.15, 0.2) is 0 Å². The number of rotatable bonds is 6. The molecule has 0 fully saturated rings. The molecule has 0 radical (unpaired) electrons. The molecule has 0 unspecified atom stereocenters. The number of halogens is 1. The van der Waals surface area contributed by atoms with E-state index >= 15 is 0 Å². The minimum Gasteiger partial charge on any atom is -0.361 e. The number of alkyl halides is 1. The lowest BCUT2D eigenvalue weighted by Gasteiger charge is -2.17. The third kappa shape index (κ3) is 3.81. The highest BCUT2D eigenvalue weighted by atomic mass is 19.1. The molecule has 3 N–H and O–H groups in total. The van der Waals surface area contributed by atoms with Gasteiger partial charge in [0.05, 0.1) is 0 Å². The zero-order valence-electron chi connectivity index (χ0n) is 11.8. The zero-order valence-corrected chi connectivity index (χ0v) is 11.8. The maximum Gasteiger partial charge on any atom is 0.243 e. The molecule has 2 rings (SSSR count). The van der Waals surface area contributed by atoms with Crippen LogP contribution in [0.4, 0.5) is 4.39 Å². The molecule has 1 aromatic heterocycles. The average Bonchev–Trinajstić information content (AvgIpc) is 2.87. The Morgan fingerprint density at radius 2 is 2.10 bits per heavy atom. The van der Waals surface area contributed by atoms with Crippen molar-refractivity contribution in [3.8, 4) is 0 Å². The van der Waals surface area contributed by atoms with Crippen molar-refractivity contribution in [3.63, 3.8) is 0 Å². The van der Waals surface area contributed by atoms with Crippen LogP contribution in [-0.4, -0.2) is 36.1 Å². The van der Waals surface area contributed by atoms with E-state index in [1.165, 1.54) is 6.92 Å². The van der Waals surface area contributed by atoms with Gasteiger partial charge in [-0.2, -0.15) is 0 Å². The minimum atomic E-state index is -0.715. The van der Waals surface area contributed by atoms with Crippen LogP contribution >= 0.6 is 0 Å². The molecule has 0 aliphatic heterocycles. The van der Waals surface area contributed by atoms with Crippen molar-refractivity contribution >= 4 is 22.7 Å². The molecular formula is C15H18FN3O2. The molecule has 6 heteroatoms. The van der Waals surface area contributed by atoms with Gasteiger partial charge >= 0.3 is 0 Å². The van der Waals surface area contributed by atoms with E-state index in [4.69, 9.17) is 0 Å². The second-order valence-corrected chi connectivity index (χ2v) is 4.80. The molecule has 1 heterocycles. The first-order chi connectivity index (χ1) is 10.1. The van der Waals surface area contributed by atoms with Crippen LogP contribution in [0.1, 0.15) is 12.5 Å². The van der Waals surface area contributed by atoms with E-state index in [0.717, 1.165) is 16.5 Å². The molecule has 1 aromatic carbocycles. The average molecular weight is 291 g/mol. The summed E-state index contributed by atoms with van der Waals surface area (Å²) >= 11 is 0. The van der Waals surface area contributed by atoms with E-state index in [-0.39, 0.29) is 18.4 Å². The van der Waals surface area contributed by atoms with Crippen molar-refractivity contribution in [2.24, 2.45) is 0 Å². The Kier molecular flexibility index (Phi) is 4.92. The van der Waals surface area contributed by atoms with Gasteiger partial charge in [-0.25, -0.2) is 4.39 Å². The molecule has 2 amide bonds. The van der Waals surface area contributed by atoms with Crippen molar-refractivity contribution in [1.29, 1.82) is 0 Å². The number of H-pyrrole nitrogens is 1. The number of hydrogen-bond acceptors (Lipinski definition) is 2. The van der Waals surface area contributed by atoms with Gasteiger partial charge in [0, 0.05) is 37.0 Å². The second kappa shape index (κ2) is 6.88. The van der Waals surface area contributed by atoms with E-state index in [0.29, 0.717) is 6.42 Å². The number of fused-ring (bicyclic) bond motifs is 1. The van der Waals surface area contributed by atoms with E-state index in [1.54, 1.807) is 0 Å². The summed E-state index contributed by atoms with van der Waals surface area (Å²) < 4.78 is 12.2. The summed E-state index contributed by atoms with van der Waals surface area (Å²) in [6.07, 6.45) is 2.17. The number of carbonyl (C=O) groups excluding carboxylic acids is 2. The van der Waals surface area contributed by atoms with Crippen molar-refractivity contribution in [3.05, 3.63) is 36.0 Å². The van der Waals surface area contributed by atoms with E-state index < -0.39 is 12.7 Å². The standard InChI is InChI=1S/C15H18FN3O2/c1-10(20)19-14(15(21)17-7-6-16)8-11-9-18-13-5-3-2-4-12(11)13/h2-5,9,14,18H,6-8H2,1H3,(H,17,21)(H,19,20)/t14-/m0/s1. The third-order valence-corrected chi connectivity index (χ3v) is 3.19. The molecule has 0 aliphatic rings. The molecule has 5 nitrogen and oxygen atoms in total. The van der Waals surface area contributed by atoms with E-state index in [2.05, 4.69) is 15.6 Å². The first-order valence-electron chi connectivity index (χ1n) is 6.77. The number of hydrogen-bond donors (Lipinski definition) is 3.